The van der Waals surface area contributed by atoms with E-state index in [1.54, 1.807) is 0 Å². The summed E-state index contributed by atoms with van der Waals surface area (Å²) in [7, 11) is 0. The molecule has 1 heteroatoms. The zero-order valence-corrected chi connectivity index (χ0v) is 13.5. The molecule has 0 aromatic rings. The molecule has 1 nitrogen and oxygen atoms in total. The third-order valence-corrected chi connectivity index (χ3v) is 6.29. The number of hydrogen-bond acceptors (Lipinski definition) is 1. The summed E-state index contributed by atoms with van der Waals surface area (Å²) in [5.41, 5.74) is 0.439. The van der Waals surface area contributed by atoms with Gasteiger partial charge in [0, 0.05) is 0 Å². The molecule has 5 atom stereocenters. The first-order valence-corrected chi connectivity index (χ1v) is 8.63. The molecule has 1 N–H and O–H groups in total. The fourth-order valence-electron chi connectivity index (χ4n) is 5.17. The van der Waals surface area contributed by atoms with Crippen molar-refractivity contribution in [3.63, 3.8) is 0 Å². The van der Waals surface area contributed by atoms with Crippen molar-refractivity contribution in [2.45, 2.75) is 85.2 Å². The van der Waals surface area contributed by atoms with Crippen LogP contribution < -0.4 is 0 Å². The molecule has 2 rings (SSSR count). The second-order valence-corrected chi connectivity index (χ2v) is 8.06. The van der Waals surface area contributed by atoms with Crippen LogP contribution in [-0.4, -0.2) is 11.2 Å². The van der Waals surface area contributed by atoms with Gasteiger partial charge in [0.2, 0.25) is 0 Å². The van der Waals surface area contributed by atoms with Crippen molar-refractivity contribution >= 4 is 0 Å². The van der Waals surface area contributed by atoms with E-state index in [0.717, 1.165) is 24.2 Å². The van der Waals surface area contributed by atoms with Gasteiger partial charge in [-0.3, -0.25) is 0 Å². The van der Waals surface area contributed by atoms with E-state index >= 15 is 0 Å². The van der Waals surface area contributed by atoms with Crippen molar-refractivity contribution < 1.29 is 5.11 Å². The van der Waals surface area contributed by atoms with Gasteiger partial charge in [0.1, 0.15) is 0 Å². The Hall–Kier alpha value is -0.0400. The van der Waals surface area contributed by atoms with E-state index in [4.69, 9.17) is 0 Å². The van der Waals surface area contributed by atoms with Crippen LogP contribution in [0, 0.1) is 29.1 Å². The van der Waals surface area contributed by atoms with Crippen LogP contribution in [0.1, 0.15) is 79.1 Å². The molecule has 2 aliphatic carbocycles. The van der Waals surface area contributed by atoms with Gasteiger partial charge in [0.05, 0.1) is 6.10 Å². The van der Waals surface area contributed by atoms with Crippen LogP contribution in [0.4, 0.5) is 0 Å². The molecule has 0 aromatic carbocycles. The van der Waals surface area contributed by atoms with Crippen molar-refractivity contribution in [1.29, 1.82) is 0 Å². The van der Waals surface area contributed by atoms with Gasteiger partial charge in [-0.1, -0.05) is 53.4 Å². The Morgan fingerprint density at radius 3 is 2.53 bits per heavy atom. The van der Waals surface area contributed by atoms with Crippen molar-refractivity contribution in [2.24, 2.45) is 29.1 Å². The smallest absolute Gasteiger partial charge is 0.0573 e. The third kappa shape index (κ3) is 3.17. The lowest BCUT2D eigenvalue weighted by molar-refractivity contribution is -0.0278. The minimum Gasteiger partial charge on any atom is -0.393 e. The van der Waals surface area contributed by atoms with Crippen LogP contribution in [0.2, 0.25) is 0 Å². The Bertz CT molecular complexity index is 285. The number of aliphatic hydroxyl groups excluding tert-OH is 1. The van der Waals surface area contributed by atoms with E-state index in [-0.39, 0.29) is 6.10 Å². The summed E-state index contributed by atoms with van der Waals surface area (Å²) in [6.07, 6.45) is 10.4. The highest BCUT2D eigenvalue weighted by molar-refractivity contribution is 5.01. The van der Waals surface area contributed by atoms with Crippen molar-refractivity contribution in [3.05, 3.63) is 0 Å². The van der Waals surface area contributed by atoms with Gasteiger partial charge < -0.3 is 5.11 Å². The largest absolute Gasteiger partial charge is 0.393 e. The molecule has 0 amide bonds. The average Bonchev–Trinajstić information content (AvgIpc) is 2.67. The standard InChI is InChI=1S/C18H34O/c1-13(2)7-5-8-14(3)15-10-11-16-17(19)9-6-12-18(15,16)4/h13-17,19H,5-12H2,1-4H3/t14-,15?,16+,17?,18-/m1/s1. The normalized spacial score (nSPS) is 40.4. The fourth-order valence-corrected chi connectivity index (χ4v) is 5.17. The summed E-state index contributed by atoms with van der Waals surface area (Å²) < 4.78 is 0. The Morgan fingerprint density at radius 1 is 1.11 bits per heavy atom. The van der Waals surface area contributed by atoms with Crippen LogP contribution in [0.5, 0.6) is 0 Å². The summed E-state index contributed by atoms with van der Waals surface area (Å²) in [6.45, 7) is 9.61. The Labute approximate surface area is 120 Å². The van der Waals surface area contributed by atoms with Crippen LogP contribution in [-0.2, 0) is 0 Å². The molecule has 2 fully saturated rings. The van der Waals surface area contributed by atoms with E-state index in [0.29, 0.717) is 11.3 Å². The van der Waals surface area contributed by atoms with Gasteiger partial charge in [-0.25, -0.2) is 0 Å². The van der Waals surface area contributed by atoms with Gasteiger partial charge in [-0.2, -0.15) is 0 Å². The Kier molecular flexibility index (Phi) is 4.98. The van der Waals surface area contributed by atoms with Gasteiger partial charge in [-0.05, 0) is 54.8 Å². The predicted molar refractivity (Wildman–Crippen MR) is 82.0 cm³/mol. The Morgan fingerprint density at radius 2 is 1.84 bits per heavy atom. The van der Waals surface area contributed by atoms with Crippen LogP contribution >= 0.6 is 0 Å². The minimum atomic E-state index is -0.00776. The molecule has 0 aliphatic heterocycles. The monoisotopic (exact) mass is 266 g/mol. The molecular weight excluding hydrogens is 232 g/mol. The van der Waals surface area contributed by atoms with E-state index in [9.17, 15) is 5.11 Å². The first-order valence-electron chi connectivity index (χ1n) is 8.63. The van der Waals surface area contributed by atoms with Gasteiger partial charge in [0.25, 0.3) is 0 Å². The first kappa shape index (κ1) is 15.4. The van der Waals surface area contributed by atoms with E-state index in [2.05, 4.69) is 27.7 Å². The molecule has 2 aliphatic rings. The van der Waals surface area contributed by atoms with Gasteiger partial charge in [-0.15, -0.1) is 0 Å². The molecule has 2 saturated carbocycles. The SMILES string of the molecule is CC(C)CCC[C@@H](C)C1CC[C@H]2C(O)CCC[C@]12C. The molecule has 0 bridgehead atoms. The quantitative estimate of drug-likeness (QED) is 0.740. The summed E-state index contributed by atoms with van der Waals surface area (Å²) in [4.78, 5) is 0. The second-order valence-electron chi connectivity index (χ2n) is 8.06. The zero-order chi connectivity index (χ0) is 14.0. The number of rotatable bonds is 5. The van der Waals surface area contributed by atoms with E-state index < -0.39 is 0 Å². The highest BCUT2D eigenvalue weighted by atomic mass is 16.3. The maximum absolute atomic E-state index is 10.3. The molecular formula is C18H34O. The molecule has 19 heavy (non-hydrogen) atoms. The lowest BCUT2D eigenvalue weighted by Gasteiger charge is -2.45. The predicted octanol–water partition coefficient (Wildman–Crippen LogP) is 5.03. The number of aliphatic hydroxyl groups is 1. The summed E-state index contributed by atoms with van der Waals surface area (Å²) in [6, 6.07) is 0. The zero-order valence-electron chi connectivity index (χ0n) is 13.5. The number of hydrogen-bond donors (Lipinski definition) is 1. The van der Waals surface area contributed by atoms with Crippen molar-refractivity contribution in [3.8, 4) is 0 Å². The third-order valence-electron chi connectivity index (χ3n) is 6.29. The van der Waals surface area contributed by atoms with E-state index in [1.165, 1.54) is 44.9 Å². The topological polar surface area (TPSA) is 20.2 Å². The van der Waals surface area contributed by atoms with Crippen LogP contribution in [0.15, 0.2) is 0 Å². The van der Waals surface area contributed by atoms with Gasteiger partial charge in [0.15, 0.2) is 0 Å². The molecule has 0 radical (unpaired) electrons. The van der Waals surface area contributed by atoms with Crippen molar-refractivity contribution in [1.82, 2.24) is 0 Å². The molecule has 2 unspecified atom stereocenters. The fraction of sp³-hybridized carbons (Fsp3) is 1.00. The summed E-state index contributed by atoms with van der Waals surface area (Å²) in [5, 5.41) is 10.3. The molecule has 112 valence electrons. The summed E-state index contributed by atoms with van der Waals surface area (Å²) in [5.74, 6) is 3.15. The number of fused-ring (bicyclic) bond motifs is 1. The highest BCUT2D eigenvalue weighted by Gasteiger charge is 2.51. The minimum absolute atomic E-state index is 0.00776. The second kappa shape index (κ2) is 6.16. The van der Waals surface area contributed by atoms with Crippen LogP contribution in [0.3, 0.4) is 0 Å². The van der Waals surface area contributed by atoms with Crippen molar-refractivity contribution in [2.75, 3.05) is 0 Å². The highest BCUT2D eigenvalue weighted by Crippen LogP contribution is 2.58. The Balaban J connectivity index is 1.93. The van der Waals surface area contributed by atoms with E-state index in [1.807, 2.05) is 0 Å². The molecule has 0 spiro atoms. The maximum Gasteiger partial charge on any atom is 0.0573 e. The van der Waals surface area contributed by atoms with Crippen LogP contribution in [0.25, 0.3) is 0 Å². The summed E-state index contributed by atoms with van der Waals surface area (Å²) >= 11 is 0. The lowest BCUT2D eigenvalue weighted by atomic mass is 9.61. The first-order chi connectivity index (χ1) is 8.95. The molecule has 0 aromatic heterocycles. The average molecular weight is 266 g/mol. The maximum atomic E-state index is 10.3. The van der Waals surface area contributed by atoms with Gasteiger partial charge >= 0.3 is 0 Å². The molecule has 0 heterocycles. The molecule has 0 saturated heterocycles. The lowest BCUT2D eigenvalue weighted by Crippen LogP contribution is -2.41.